The molecule has 0 radical (unpaired) electrons. The Bertz CT molecular complexity index is 26.1. The van der Waals surface area contributed by atoms with E-state index < -0.39 is 0 Å². The first-order valence-electron chi connectivity index (χ1n) is 1.90. The van der Waals surface area contributed by atoms with Gasteiger partial charge in [0.25, 0.3) is 0 Å². The Labute approximate surface area is 60.2 Å². The molecular formula is C3H8S4. The van der Waals surface area contributed by atoms with Gasteiger partial charge in [0.2, 0.25) is 0 Å². The Kier molecular flexibility index (Phi) is 8.88. The standard InChI is InChI=1S/C3H8S4/c1-3-5-7-6-4-2/h3H2,1-2H3. The van der Waals surface area contributed by atoms with Crippen molar-refractivity contribution in [2.45, 2.75) is 6.92 Å². The molecule has 0 spiro atoms. The van der Waals surface area contributed by atoms with Crippen LogP contribution >= 0.6 is 41.2 Å². The van der Waals surface area contributed by atoms with E-state index >= 15 is 0 Å². The quantitative estimate of drug-likeness (QED) is 0.471. The van der Waals surface area contributed by atoms with E-state index in [1.54, 1.807) is 10.8 Å². The van der Waals surface area contributed by atoms with E-state index in [2.05, 4.69) is 13.2 Å². The maximum absolute atomic E-state index is 2.17. The third-order valence-electron chi connectivity index (χ3n) is 0.262. The summed E-state index contributed by atoms with van der Waals surface area (Å²) in [5.74, 6) is 1.21. The van der Waals surface area contributed by atoms with Gasteiger partial charge in [0.15, 0.2) is 0 Å². The Morgan fingerprint density at radius 3 is 2.43 bits per heavy atom. The van der Waals surface area contributed by atoms with Gasteiger partial charge in [-0.25, -0.2) is 0 Å². The molecule has 0 amide bonds. The summed E-state index contributed by atoms with van der Waals surface area (Å²) in [5, 5.41) is 0. The van der Waals surface area contributed by atoms with E-state index in [4.69, 9.17) is 0 Å². The molecule has 0 aliphatic carbocycles. The van der Waals surface area contributed by atoms with Crippen LogP contribution in [0.15, 0.2) is 0 Å². The highest BCUT2D eigenvalue weighted by Gasteiger charge is 1.82. The van der Waals surface area contributed by atoms with Gasteiger partial charge in [-0.3, -0.25) is 0 Å². The summed E-state index contributed by atoms with van der Waals surface area (Å²) in [6.07, 6.45) is 2.09. The van der Waals surface area contributed by atoms with Gasteiger partial charge < -0.3 is 0 Å². The zero-order chi connectivity index (χ0) is 5.54. The summed E-state index contributed by atoms with van der Waals surface area (Å²) in [6, 6.07) is 0. The van der Waals surface area contributed by atoms with Crippen molar-refractivity contribution >= 4 is 41.2 Å². The van der Waals surface area contributed by atoms with E-state index in [0.717, 1.165) is 0 Å². The minimum Gasteiger partial charge on any atom is -0.0852 e. The lowest BCUT2D eigenvalue weighted by molar-refractivity contribution is 1.54. The number of rotatable bonds is 4. The highest BCUT2D eigenvalue weighted by atomic mass is 33.7. The third-order valence-corrected chi connectivity index (χ3v) is 6.45. The van der Waals surface area contributed by atoms with E-state index in [9.17, 15) is 0 Å². The molecule has 0 aliphatic heterocycles. The molecule has 0 aromatic carbocycles. The van der Waals surface area contributed by atoms with E-state index in [1.807, 2.05) is 30.4 Å². The fourth-order valence-electron chi connectivity index (χ4n) is 0.0955. The van der Waals surface area contributed by atoms with Crippen LogP contribution in [0.5, 0.6) is 0 Å². The van der Waals surface area contributed by atoms with Gasteiger partial charge in [-0.15, -0.1) is 0 Å². The molecule has 0 nitrogen and oxygen atoms in total. The number of hydrogen-bond acceptors (Lipinski definition) is 4. The van der Waals surface area contributed by atoms with Crippen LogP contribution < -0.4 is 0 Å². The average Bonchev–Trinajstić information content (AvgIpc) is 1.69. The molecule has 0 bridgehead atoms. The van der Waals surface area contributed by atoms with Crippen LogP contribution in [0.3, 0.4) is 0 Å². The lowest BCUT2D eigenvalue weighted by Gasteiger charge is -1.88. The Balaban J connectivity index is 2.45. The molecule has 7 heavy (non-hydrogen) atoms. The fraction of sp³-hybridized carbons (Fsp3) is 1.00. The van der Waals surface area contributed by atoms with Gasteiger partial charge in [-0.1, -0.05) is 28.5 Å². The SMILES string of the molecule is CCSSSSC. The number of hydrogen-bond donors (Lipinski definition) is 0. The topological polar surface area (TPSA) is 0 Å². The molecule has 0 rings (SSSR count). The van der Waals surface area contributed by atoms with Crippen molar-refractivity contribution in [1.82, 2.24) is 0 Å². The van der Waals surface area contributed by atoms with Crippen LogP contribution in [-0.4, -0.2) is 12.0 Å². The molecule has 0 fully saturated rings. The van der Waals surface area contributed by atoms with Crippen molar-refractivity contribution < 1.29 is 0 Å². The highest BCUT2D eigenvalue weighted by molar-refractivity contribution is 9.26. The van der Waals surface area contributed by atoms with Crippen LogP contribution in [0.2, 0.25) is 0 Å². The molecule has 0 atom stereocenters. The summed E-state index contributed by atoms with van der Waals surface area (Å²) < 4.78 is 0. The zero-order valence-corrected chi connectivity index (χ0v) is 7.61. The molecule has 0 saturated carbocycles. The summed E-state index contributed by atoms with van der Waals surface area (Å²) in [7, 11) is 7.37. The van der Waals surface area contributed by atoms with Crippen LogP contribution in [-0.2, 0) is 0 Å². The van der Waals surface area contributed by atoms with Crippen molar-refractivity contribution in [2.24, 2.45) is 0 Å². The zero-order valence-electron chi connectivity index (χ0n) is 4.34. The first-order valence-corrected chi connectivity index (χ1v) is 7.30. The minimum atomic E-state index is 1.21. The van der Waals surface area contributed by atoms with Crippen molar-refractivity contribution in [3.63, 3.8) is 0 Å². The summed E-state index contributed by atoms with van der Waals surface area (Å²) in [5.41, 5.74) is 0. The average molecular weight is 172 g/mol. The van der Waals surface area contributed by atoms with Crippen molar-refractivity contribution in [1.29, 1.82) is 0 Å². The second kappa shape index (κ2) is 7.40. The molecule has 0 aliphatic rings. The predicted octanol–water partition coefficient (Wildman–Crippen LogP) is 3.31. The van der Waals surface area contributed by atoms with Crippen molar-refractivity contribution in [2.75, 3.05) is 12.0 Å². The molecule has 0 heterocycles. The summed E-state index contributed by atoms with van der Waals surface area (Å²) in [4.78, 5) is 0. The molecule has 0 saturated heterocycles. The maximum Gasteiger partial charge on any atom is 0.00169 e. The van der Waals surface area contributed by atoms with E-state index in [0.29, 0.717) is 0 Å². The van der Waals surface area contributed by atoms with Crippen LogP contribution in [0.4, 0.5) is 0 Å². The summed E-state index contributed by atoms with van der Waals surface area (Å²) in [6.45, 7) is 2.17. The predicted molar refractivity (Wildman–Crippen MR) is 46.8 cm³/mol. The van der Waals surface area contributed by atoms with Gasteiger partial charge in [0.1, 0.15) is 0 Å². The van der Waals surface area contributed by atoms with Gasteiger partial charge in [0, 0.05) is 5.75 Å². The second-order valence-corrected chi connectivity index (χ2v) is 7.10. The summed E-state index contributed by atoms with van der Waals surface area (Å²) >= 11 is 0. The first kappa shape index (κ1) is 8.40. The third kappa shape index (κ3) is 7.40. The van der Waals surface area contributed by atoms with Gasteiger partial charge in [-0.2, -0.15) is 0 Å². The molecule has 0 aromatic heterocycles. The molecular weight excluding hydrogens is 164 g/mol. The monoisotopic (exact) mass is 172 g/mol. The van der Waals surface area contributed by atoms with Crippen molar-refractivity contribution in [3.8, 4) is 0 Å². The minimum absolute atomic E-state index is 1.21. The Morgan fingerprint density at radius 2 is 2.00 bits per heavy atom. The van der Waals surface area contributed by atoms with E-state index in [-0.39, 0.29) is 0 Å². The van der Waals surface area contributed by atoms with Crippen LogP contribution in [0.25, 0.3) is 0 Å². The second-order valence-electron chi connectivity index (χ2n) is 0.709. The Morgan fingerprint density at radius 1 is 1.29 bits per heavy atom. The molecule has 0 N–H and O–H groups in total. The van der Waals surface area contributed by atoms with Crippen molar-refractivity contribution in [3.05, 3.63) is 0 Å². The normalized spacial score (nSPS) is 9.43. The van der Waals surface area contributed by atoms with Crippen LogP contribution in [0, 0.1) is 0 Å². The van der Waals surface area contributed by atoms with Crippen LogP contribution in [0.1, 0.15) is 6.92 Å². The molecule has 0 unspecified atom stereocenters. The largest absolute Gasteiger partial charge is 0.0852 e. The van der Waals surface area contributed by atoms with E-state index in [1.165, 1.54) is 5.75 Å². The fourth-order valence-corrected chi connectivity index (χ4v) is 5.14. The van der Waals surface area contributed by atoms with Gasteiger partial charge in [-0.05, 0) is 25.9 Å². The lowest BCUT2D eigenvalue weighted by Crippen LogP contribution is -1.50. The smallest absolute Gasteiger partial charge is 0.00169 e. The van der Waals surface area contributed by atoms with Gasteiger partial charge in [0.05, 0.1) is 0 Å². The molecule has 4 heteroatoms. The maximum atomic E-state index is 2.17. The van der Waals surface area contributed by atoms with Gasteiger partial charge >= 0.3 is 0 Å². The molecule has 44 valence electrons. The molecule has 0 aromatic rings. The first-order chi connectivity index (χ1) is 3.41. The highest BCUT2D eigenvalue weighted by Crippen LogP contribution is 2.40. The Hall–Kier alpha value is 1.40. The lowest BCUT2D eigenvalue weighted by atomic mass is 11.0.